The van der Waals surface area contributed by atoms with E-state index in [9.17, 15) is 4.79 Å². The molecule has 1 atom stereocenters. The number of aromatic nitrogens is 3. The quantitative estimate of drug-likeness (QED) is 0.926. The summed E-state index contributed by atoms with van der Waals surface area (Å²) in [6, 6.07) is 1.43. The molecular weight excluding hydrogens is 306 g/mol. The van der Waals surface area contributed by atoms with Crippen molar-refractivity contribution in [3.63, 3.8) is 0 Å². The smallest absolute Gasteiger partial charge is 0.243 e. The molecule has 0 spiro atoms. The molecule has 0 saturated heterocycles. The summed E-state index contributed by atoms with van der Waals surface area (Å²) in [4.78, 5) is 23.7. The van der Waals surface area contributed by atoms with E-state index in [4.69, 9.17) is 4.52 Å². The van der Waals surface area contributed by atoms with Crippen molar-refractivity contribution in [2.75, 3.05) is 11.9 Å². The zero-order valence-electron chi connectivity index (χ0n) is 14.5. The summed E-state index contributed by atoms with van der Waals surface area (Å²) < 4.78 is 5.05. The van der Waals surface area contributed by atoms with Crippen molar-refractivity contribution in [3.05, 3.63) is 35.0 Å². The van der Waals surface area contributed by atoms with Crippen molar-refractivity contribution in [1.82, 2.24) is 20.0 Å². The number of nitrogens with zero attached hydrogens (tertiary/aromatic N) is 4. The van der Waals surface area contributed by atoms with E-state index >= 15 is 0 Å². The highest BCUT2D eigenvalue weighted by molar-refractivity contribution is 5.93. The Balaban J connectivity index is 1.69. The number of amides is 1. The summed E-state index contributed by atoms with van der Waals surface area (Å²) in [6.45, 7) is 9.34. The molecule has 0 radical (unpaired) electrons. The fourth-order valence-electron chi connectivity index (χ4n) is 2.76. The molecule has 0 saturated carbocycles. The van der Waals surface area contributed by atoms with E-state index in [0.717, 1.165) is 30.2 Å². The molecule has 2 aromatic heterocycles. The monoisotopic (exact) mass is 329 g/mol. The molecule has 7 nitrogen and oxygen atoms in total. The van der Waals surface area contributed by atoms with Crippen molar-refractivity contribution >= 4 is 11.8 Å². The largest absolute Gasteiger partial charge is 0.338 e. The van der Waals surface area contributed by atoms with Gasteiger partial charge in [0.25, 0.3) is 0 Å². The van der Waals surface area contributed by atoms with Crippen LogP contribution >= 0.6 is 0 Å². The fourth-order valence-corrected chi connectivity index (χ4v) is 2.76. The molecule has 0 unspecified atom stereocenters. The topological polar surface area (TPSA) is 84.2 Å². The molecule has 1 N–H and O–H groups in total. The maximum absolute atomic E-state index is 12.4. The van der Waals surface area contributed by atoms with Crippen LogP contribution in [0.2, 0.25) is 0 Å². The van der Waals surface area contributed by atoms with Gasteiger partial charge < -0.3 is 4.52 Å². The summed E-state index contributed by atoms with van der Waals surface area (Å²) in [7, 11) is 0. The van der Waals surface area contributed by atoms with Crippen molar-refractivity contribution in [2.24, 2.45) is 0 Å². The minimum Gasteiger partial charge on any atom is -0.338 e. The first-order valence-corrected chi connectivity index (χ1v) is 8.27. The highest BCUT2D eigenvalue weighted by Gasteiger charge is 2.27. The second-order valence-electron chi connectivity index (χ2n) is 6.57. The molecule has 0 aliphatic carbocycles. The molecule has 1 amide bonds. The number of carbonyl (C=O) groups excluding carboxylic acids is 1. The summed E-state index contributed by atoms with van der Waals surface area (Å²) in [5.41, 5.74) is 2.94. The van der Waals surface area contributed by atoms with E-state index in [1.807, 2.05) is 20.0 Å². The molecule has 7 heteroatoms. The van der Waals surface area contributed by atoms with Crippen molar-refractivity contribution in [2.45, 2.75) is 52.6 Å². The normalized spacial score (nSPS) is 16.0. The molecule has 1 aliphatic rings. The van der Waals surface area contributed by atoms with E-state index in [1.54, 1.807) is 6.07 Å². The first-order chi connectivity index (χ1) is 11.4. The number of hydrogen-bond acceptors (Lipinski definition) is 6. The van der Waals surface area contributed by atoms with Crippen LogP contribution in [-0.4, -0.2) is 38.5 Å². The van der Waals surface area contributed by atoms with E-state index < -0.39 is 0 Å². The summed E-state index contributed by atoms with van der Waals surface area (Å²) in [5.74, 6) is 1.42. The number of nitrogens with one attached hydrogen (secondary N) is 1. The second-order valence-corrected chi connectivity index (χ2v) is 6.57. The van der Waals surface area contributed by atoms with Gasteiger partial charge in [-0.1, -0.05) is 19.0 Å². The van der Waals surface area contributed by atoms with Gasteiger partial charge in [-0.25, -0.2) is 9.97 Å². The van der Waals surface area contributed by atoms with Crippen molar-refractivity contribution < 1.29 is 9.32 Å². The first kappa shape index (κ1) is 16.6. The summed E-state index contributed by atoms with van der Waals surface area (Å²) in [6.07, 6.45) is 2.78. The van der Waals surface area contributed by atoms with Crippen LogP contribution in [0.4, 0.5) is 5.88 Å². The summed E-state index contributed by atoms with van der Waals surface area (Å²) >= 11 is 0. The lowest BCUT2D eigenvalue weighted by Crippen LogP contribution is -2.44. The van der Waals surface area contributed by atoms with Gasteiger partial charge in [0.15, 0.2) is 0 Å². The van der Waals surface area contributed by atoms with E-state index in [-0.39, 0.29) is 11.9 Å². The van der Waals surface area contributed by atoms with Gasteiger partial charge >= 0.3 is 0 Å². The Hall–Kier alpha value is -2.28. The van der Waals surface area contributed by atoms with Crippen LogP contribution in [0, 0.1) is 6.92 Å². The van der Waals surface area contributed by atoms with Crippen LogP contribution in [0.1, 0.15) is 49.5 Å². The Bertz CT molecular complexity index is 740. The third-order valence-corrected chi connectivity index (χ3v) is 4.31. The van der Waals surface area contributed by atoms with E-state index in [1.165, 1.54) is 5.56 Å². The fraction of sp³-hybridized carbons (Fsp3) is 0.529. The molecular formula is C17H23N5O2. The zero-order valence-corrected chi connectivity index (χ0v) is 14.5. The predicted octanol–water partition coefficient (Wildman–Crippen LogP) is 2.28. The van der Waals surface area contributed by atoms with Crippen LogP contribution in [0.5, 0.6) is 0 Å². The van der Waals surface area contributed by atoms with Crippen molar-refractivity contribution in [3.8, 4) is 0 Å². The van der Waals surface area contributed by atoms with Gasteiger partial charge in [-0.15, -0.1) is 0 Å². The third kappa shape index (κ3) is 3.46. The average molecular weight is 329 g/mol. The van der Waals surface area contributed by atoms with Gasteiger partial charge in [-0.2, -0.15) is 0 Å². The van der Waals surface area contributed by atoms with Gasteiger partial charge in [-0.05, 0) is 25.8 Å². The minimum atomic E-state index is -0.277. The van der Waals surface area contributed by atoms with E-state index in [0.29, 0.717) is 18.3 Å². The third-order valence-electron chi connectivity index (χ3n) is 4.31. The lowest BCUT2D eigenvalue weighted by molar-refractivity contribution is -0.121. The predicted molar refractivity (Wildman–Crippen MR) is 89.6 cm³/mol. The Labute approximate surface area is 141 Å². The molecule has 3 rings (SSSR count). The highest BCUT2D eigenvalue weighted by atomic mass is 16.5. The van der Waals surface area contributed by atoms with Gasteiger partial charge in [0, 0.05) is 31.3 Å². The molecule has 0 fully saturated rings. The number of carbonyl (C=O) groups is 1. The molecule has 1 aliphatic heterocycles. The van der Waals surface area contributed by atoms with Crippen LogP contribution in [0.15, 0.2) is 16.8 Å². The molecule has 3 heterocycles. The van der Waals surface area contributed by atoms with Gasteiger partial charge in [0.2, 0.25) is 11.8 Å². The Morgan fingerprint density at radius 2 is 2.17 bits per heavy atom. The lowest BCUT2D eigenvalue weighted by atomic mass is 10.0. The number of rotatable bonds is 4. The standard InChI is InChI=1S/C17H23N5O2/c1-10(2)16-18-8-13-5-6-22(9-14(13)19-16)12(4)17(23)20-15-7-11(3)21-24-15/h7-8,10,12H,5-6,9H2,1-4H3,(H,20,23)/t12-/m0/s1. The Kier molecular flexibility index (Phi) is 4.62. The average Bonchev–Trinajstić information content (AvgIpc) is 2.97. The Morgan fingerprint density at radius 1 is 1.38 bits per heavy atom. The zero-order chi connectivity index (χ0) is 17.3. The van der Waals surface area contributed by atoms with Crippen LogP contribution in [0.3, 0.4) is 0 Å². The SMILES string of the molecule is Cc1cc(NC(=O)[C@H](C)N2CCc3cnc(C(C)C)nc3C2)on1. The number of anilines is 1. The van der Waals surface area contributed by atoms with E-state index in [2.05, 4.69) is 39.2 Å². The first-order valence-electron chi connectivity index (χ1n) is 8.27. The van der Waals surface area contributed by atoms with Crippen LogP contribution in [0.25, 0.3) is 0 Å². The molecule has 24 heavy (non-hydrogen) atoms. The lowest BCUT2D eigenvalue weighted by Gasteiger charge is -2.32. The minimum absolute atomic E-state index is 0.104. The number of fused-ring (bicyclic) bond motifs is 1. The van der Waals surface area contributed by atoms with Gasteiger partial charge in [-0.3, -0.25) is 15.0 Å². The van der Waals surface area contributed by atoms with Crippen LogP contribution in [-0.2, 0) is 17.8 Å². The van der Waals surface area contributed by atoms with Gasteiger partial charge in [0.05, 0.1) is 17.4 Å². The van der Waals surface area contributed by atoms with Gasteiger partial charge in [0.1, 0.15) is 5.82 Å². The maximum Gasteiger partial charge on any atom is 0.243 e. The molecule has 0 aromatic carbocycles. The molecule has 128 valence electrons. The van der Waals surface area contributed by atoms with Crippen molar-refractivity contribution in [1.29, 1.82) is 0 Å². The maximum atomic E-state index is 12.4. The summed E-state index contributed by atoms with van der Waals surface area (Å²) in [5, 5.41) is 6.55. The highest BCUT2D eigenvalue weighted by Crippen LogP contribution is 2.21. The second kappa shape index (κ2) is 6.68. The Morgan fingerprint density at radius 3 is 2.83 bits per heavy atom. The molecule has 0 bridgehead atoms. The van der Waals surface area contributed by atoms with Crippen LogP contribution < -0.4 is 5.32 Å². The number of hydrogen-bond donors (Lipinski definition) is 1. The number of aryl methyl sites for hydroxylation is 1. The molecule has 2 aromatic rings.